The van der Waals surface area contributed by atoms with E-state index in [0.29, 0.717) is 50.5 Å². The Labute approximate surface area is 160 Å². The van der Waals surface area contributed by atoms with Crippen molar-refractivity contribution in [3.8, 4) is 11.5 Å². The SMILES string of the molecule is CCN(Cc1ccc2c(c1)OCO2)C(=O)C1(S(C)(=O)=O)CCNCC1.Cl. The van der Waals surface area contributed by atoms with Crippen molar-refractivity contribution < 1.29 is 22.7 Å². The van der Waals surface area contributed by atoms with Gasteiger partial charge in [0.15, 0.2) is 26.1 Å². The summed E-state index contributed by atoms with van der Waals surface area (Å²) in [7, 11) is -3.52. The Kier molecular flexibility index (Phi) is 6.42. The molecule has 0 unspecified atom stereocenters. The summed E-state index contributed by atoms with van der Waals surface area (Å²) in [6.07, 6.45) is 1.79. The lowest BCUT2D eigenvalue weighted by Gasteiger charge is -2.38. The van der Waals surface area contributed by atoms with Crippen molar-refractivity contribution in [3.63, 3.8) is 0 Å². The lowest BCUT2D eigenvalue weighted by atomic mass is 9.95. The third-order valence-corrected chi connectivity index (χ3v) is 6.99. The van der Waals surface area contributed by atoms with Crippen molar-refractivity contribution in [3.05, 3.63) is 23.8 Å². The summed E-state index contributed by atoms with van der Waals surface area (Å²) in [6.45, 7) is 3.90. The summed E-state index contributed by atoms with van der Waals surface area (Å²) < 4.78 is 34.3. The fourth-order valence-electron chi connectivity index (χ4n) is 3.45. The van der Waals surface area contributed by atoms with Crippen LogP contribution in [0, 0.1) is 0 Å². The maximum Gasteiger partial charge on any atom is 0.244 e. The van der Waals surface area contributed by atoms with Crippen molar-refractivity contribution >= 4 is 28.2 Å². The van der Waals surface area contributed by atoms with Gasteiger partial charge in [-0.05, 0) is 50.6 Å². The van der Waals surface area contributed by atoms with E-state index in [0.717, 1.165) is 5.56 Å². The van der Waals surface area contributed by atoms with Gasteiger partial charge in [-0.25, -0.2) is 8.42 Å². The van der Waals surface area contributed by atoms with E-state index in [1.807, 2.05) is 25.1 Å². The van der Waals surface area contributed by atoms with E-state index in [-0.39, 0.29) is 25.1 Å². The third kappa shape index (κ3) is 3.77. The Hall–Kier alpha value is -1.51. The van der Waals surface area contributed by atoms with Gasteiger partial charge in [-0.2, -0.15) is 0 Å². The molecule has 2 aliphatic heterocycles. The molecule has 0 radical (unpaired) electrons. The van der Waals surface area contributed by atoms with E-state index < -0.39 is 14.6 Å². The lowest BCUT2D eigenvalue weighted by molar-refractivity contribution is -0.135. The average molecular weight is 405 g/mol. The van der Waals surface area contributed by atoms with Crippen LogP contribution in [0.5, 0.6) is 11.5 Å². The van der Waals surface area contributed by atoms with E-state index in [9.17, 15) is 13.2 Å². The van der Waals surface area contributed by atoms with Gasteiger partial charge < -0.3 is 19.7 Å². The second-order valence-corrected chi connectivity index (χ2v) is 8.85. The number of rotatable bonds is 5. The maximum absolute atomic E-state index is 13.2. The highest BCUT2D eigenvalue weighted by Gasteiger charge is 2.50. The number of benzene rings is 1. The Morgan fingerprint density at radius 1 is 1.23 bits per heavy atom. The minimum absolute atomic E-state index is 0. The predicted octanol–water partition coefficient (Wildman–Crippen LogP) is 1.35. The van der Waals surface area contributed by atoms with Gasteiger partial charge in [0.1, 0.15) is 0 Å². The van der Waals surface area contributed by atoms with Crippen LogP contribution >= 0.6 is 12.4 Å². The number of hydrogen-bond donors (Lipinski definition) is 1. The Bertz CT molecular complexity index is 762. The van der Waals surface area contributed by atoms with E-state index >= 15 is 0 Å². The van der Waals surface area contributed by atoms with Gasteiger partial charge in [0, 0.05) is 19.3 Å². The number of ether oxygens (including phenoxy) is 2. The topological polar surface area (TPSA) is 84.9 Å². The summed E-state index contributed by atoms with van der Waals surface area (Å²) in [5, 5.41) is 3.14. The molecule has 2 aliphatic rings. The zero-order valence-electron chi connectivity index (χ0n) is 15.0. The molecule has 146 valence electrons. The average Bonchev–Trinajstić information content (AvgIpc) is 3.06. The van der Waals surface area contributed by atoms with Crippen LogP contribution in [0.1, 0.15) is 25.3 Å². The van der Waals surface area contributed by atoms with Crippen LogP contribution in [0.15, 0.2) is 18.2 Å². The molecular formula is C17H25ClN2O5S. The zero-order chi connectivity index (χ0) is 18.1. The second-order valence-electron chi connectivity index (χ2n) is 6.52. The zero-order valence-corrected chi connectivity index (χ0v) is 16.6. The van der Waals surface area contributed by atoms with Crippen LogP contribution in [0.25, 0.3) is 0 Å². The molecule has 1 N–H and O–H groups in total. The lowest BCUT2D eigenvalue weighted by Crippen LogP contribution is -2.58. The molecule has 1 amide bonds. The van der Waals surface area contributed by atoms with Crippen molar-refractivity contribution in [2.45, 2.75) is 31.1 Å². The van der Waals surface area contributed by atoms with Crippen molar-refractivity contribution in [1.29, 1.82) is 0 Å². The molecule has 2 heterocycles. The van der Waals surface area contributed by atoms with Gasteiger partial charge in [0.25, 0.3) is 0 Å². The van der Waals surface area contributed by atoms with Gasteiger partial charge >= 0.3 is 0 Å². The van der Waals surface area contributed by atoms with E-state index in [1.165, 1.54) is 6.26 Å². The number of piperidine rings is 1. The maximum atomic E-state index is 13.2. The molecule has 0 spiro atoms. The van der Waals surface area contributed by atoms with E-state index in [4.69, 9.17) is 9.47 Å². The number of carbonyl (C=O) groups is 1. The normalized spacial score (nSPS) is 18.1. The molecule has 0 saturated carbocycles. The first-order valence-electron chi connectivity index (χ1n) is 8.45. The summed E-state index contributed by atoms with van der Waals surface area (Å²) in [4.78, 5) is 14.8. The molecule has 0 aromatic heterocycles. The second kappa shape index (κ2) is 8.02. The standard InChI is InChI=1S/C17H24N2O5S.ClH/c1-3-19(11-13-4-5-14-15(10-13)24-12-23-14)16(20)17(25(2,21)22)6-8-18-9-7-17;/h4-5,10,18H,3,6-9,11-12H2,1-2H3;1H. The monoisotopic (exact) mass is 404 g/mol. The summed E-state index contributed by atoms with van der Waals surface area (Å²) in [6, 6.07) is 5.53. The molecular weight excluding hydrogens is 380 g/mol. The Morgan fingerprint density at radius 2 is 1.88 bits per heavy atom. The summed E-state index contributed by atoms with van der Waals surface area (Å²) >= 11 is 0. The first-order chi connectivity index (χ1) is 11.9. The molecule has 1 aromatic carbocycles. The Morgan fingerprint density at radius 3 is 2.50 bits per heavy atom. The number of halogens is 1. The van der Waals surface area contributed by atoms with Crippen LogP contribution in [-0.2, 0) is 21.2 Å². The van der Waals surface area contributed by atoms with Crippen LogP contribution in [-0.4, -0.2) is 56.7 Å². The quantitative estimate of drug-likeness (QED) is 0.797. The fraction of sp³-hybridized carbons (Fsp3) is 0.588. The highest BCUT2D eigenvalue weighted by Crippen LogP contribution is 2.34. The van der Waals surface area contributed by atoms with Crippen molar-refractivity contribution in [1.82, 2.24) is 10.2 Å². The number of nitrogens with zero attached hydrogens (tertiary/aromatic N) is 1. The number of hydrogen-bond acceptors (Lipinski definition) is 6. The van der Waals surface area contributed by atoms with E-state index in [1.54, 1.807) is 4.90 Å². The van der Waals surface area contributed by atoms with Gasteiger partial charge in [0.05, 0.1) is 0 Å². The largest absolute Gasteiger partial charge is 0.454 e. The predicted molar refractivity (Wildman–Crippen MR) is 101 cm³/mol. The summed E-state index contributed by atoms with van der Waals surface area (Å²) in [5.41, 5.74) is 0.886. The number of nitrogens with one attached hydrogen (secondary N) is 1. The number of sulfone groups is 1. The first-order valence-corrected chi connectivity index (χ1v) is 10.3. The highest BCUT2D eigenvalue weighted by molar-refractivity contribution is 7.92. The number of carbonyl (C=O) groups excluding carboxylic acids is 1. The van der Waals surface area contributed by atoms with Crippen LogP contribution in [0.3, 0.4) is 0 Å². The van der Waals surface area contributed by atoms with Gasteiger partial charge in [-0.3, -0.25) is 4.79 Å². The van der Waals surface area contributed by atoms with Crippen LogP contribution in [0.2, 0.25) is 0 Å². The van der Waals surface area contributed by atoms with Gasteiger partial charge in [-0.15, -0.1) is 12.4 Å². The third-order valence-electron chi connectivity index (χ3n) is 4.99. The minimum atomic E-state index is -3.52. The van der Waals surface area contributed by atoms with Crippen molar-refractivity contribution in [2.75, 3.05) is 32.7 Å². The molecule has 0 bridgehead atoms. The molecule has 0 aliphatic carbocycles. The molecule has 26 heavy (non-hydrogen) atoms. The van der Waals surface area contributed by atoms with Crippen LogP contribution < -0.4 is 14.8 Å². The molecule has 1 saturated heterocycles. The molecule has 7 nitrogen and oxygen atoms in total. The van der Waals surface area contributed by atoms with Crippen molar-refractivity contribution in [2.24, 2.45) is 0 Å². The number of fused-ring (bicyclic) bond motifs is 1. The highest BCUT2D eigenvalue weighted by atomic mass is 35.5. The van der Waals surface area contributed by atoms with Gasteiger partial charge in [0.2, 0.25) is 12.7 Å². The smallest absolute Gasteiger partial charge is 0.244 e. The van der Waals surface area contributed by atoms with Crippen LogP contribution in [0.4, 0.5) is 0 Å². The fourth-order valence-corrected chi connectivity index (χ4v) is 4.84. The molecule has 9 heteroatoms. The first kappa shape index (κ1) is 20.8. The molecule has 1 fully saturated rings. The minimum Gasteiger partial charge on any atom is -0.454 e. The van der Waals surface area contributed by atoms with Gasteiger partial charge in [-0.1, -0.05) is 6.07 Å². The van der Waals surface area contributed by atoms with E-state index in [2.05, 4.69) is 5.32 Å². The molecule has 0 atom stereocenters. The Balaban J connectivity index is 0.00000243. The summed E-state index contributed by atoms with van der Waals surface area (Å²) in [5.74, 6) is 1.03. The molecule has 3 rings (SSSR count). The molecule has 1 aromatic rings. The number of amides is 1.